The molecule has 12 heteroatoms. The second kappa shape index (κ2) is 9.27. The largest absolute Gasteiger partial charge is 0.394 e. The van der Waals surface area contributed by atoms with Crippen molar-refractivity contribution in [1.82, 2.24) is 0 Å². The van der Waals surface area contributed by atoms with Crippen LogP contribution >= 0.6 is 0 Å². The van der Waals surface area contributed by atoms with Gasteiger partial charge in [-0.2, -0.15) is 18.2 Å². The van der Waals surface area contributed by atoms with Gasteiger partial charge in [-0.25, -0.2) is 9.59 Å². The Kier molecular flexibility index (Phi) is 7.70. The van der Waals surface area contributed by atoms with Crippen molar-refractivity contribution >= 4 is 22.1 Å². The first kappa shape index (κ1) is 20.0. The smallest absolute Gasteiger partial charge is 0.373 e. The fourth-order valence-electron chi connectivity index (χ4n) is 1.34. The fourth-order valence-corrected chi connectivity index (χ4v) is 1.90. The molecular weight excluding hydrogens is 352 g/mol. The lowest BCUT2D eigenvalue weighted by Crippen LogP contribution is -2.13. The van der Waals surface area contributed by atoms with Gasteiger partial charge in [0.05, 0.1) is 29.2 Å². The standard InChI is InChI=1S/C12H14O11S/c13-1-3-20-22-11(15)8-5-9(12(16)23-21-4-2-14)7-10(6-8)24(17,18)19/h5-7,13-14H,1-4H2,(H,17,18,19). The van der Waals surface area contributed by atoms with E-state index in [9.17, 15) is 18.0 Å². The van der Waals surface area contributed by atoms with E-state index < -0.39 is 51.3 Å². The average molecular weight is 366 g/mol. The van der Waals surface area contributed by atoms with E-state index >= 15 is 0 Å². The summed E-state index contributed by atoms with van der Waals surface area (Å²) in [5.41, 5.74) is -0.894. The molecule has 0 heterocycles. The average Bonchev–Trinajstić information content (AvgIpc) is 2.53. The van der Waals surface area contributed by atoms with Gasteiger partial charge in [-0.3, -0.25) is 14.3 Å². The third-order valence-electron chi connectivity index (χ3n) is 2.29. The first-order valence-electron chi connectivity index (χ1n) is 6.31. The summed E-state index contributed by atoms with van der Waals surface area (Å²) in [6.45, 7) is -1.52. The van der Waals surface area contributed by atoms with Crippen LogP contribution in [-0.4, -0.2) is 61.5 Å². The Balaban J connectivity index is 3.08. The number of rotatable bonds is 9. The van der Waals surface area contributed by atoms with E-state index in [-0.39, 0.29) is 13.2 Å². The number of hydrogen-bond acceptors (Lipinski definition) is 10. The lowest BCUT2D eigenvalue weighted by atomic mass is 10.1. The van der Waals surface area contributed by atoms with Crippen LogP contribution < -0.4 is 0 Å². The second-order valence-corrected chi connectivity index (χ2v) is 5.48. The van der Waals surface area contributed by atoms with Gasteiger partial charge in [0.25, 0.3) is 10.1 Å². The molecule has 0 radical (unpaired) electrons. The second-order valence-electron chi connectivity index (χ2n) is 4.05. The molecule has 0 aliphatic carbocycles. The Bertz CT molecular complexity index is 642. The molecule has 11 nitrogen and oxygen atoms in total. The number of carbonyl (C=O) groups excluding carboxylic acids is 2. The highest BCUT2D eigenvalue weighted by atomic mass is 32.2. The Morgan fingerprint density at radius 1 is 0.875 bits per heavy atom. The summed E-state index contributed by atoms with van der Waals surface area (Å²) in [5.74, 6) is -2.36. The quantitative estimate of drug-likeness (QED) is 0.214. The summed E-state index contributed by atoms with van der Waals surface area (Å²) >= 11 is 0. The van der Waals surface area contributed by atoms with Crippen molar-refractivity contribution in [2.75, 3.05) is 26.4 Å². The topological polar surface area (TPSA) is 166 Å². The zero-order valence-electron chi connectivity index (χ0n) is 12.1. The van der Waals surface area contributed by atoms with E-state index in [0.29, 0.717) is 0 Å². The predicted molar refractivity (Wildman–Crippen MR) is 73.2 cm³/mol. The van der Waals surface area contributed by atoms with Gasteiger partial charge in [0, 0.05) is 0 Å². The number of aliphatic hydroxyl groups is 2. The Hall–Kier alpha value is -2.09. The van der Waals surface area contributed by atoms with Crippen molar-refractivity contribution in [3.8, 4) is 0 Å². The molecule has 0 amide bonds. The molecule has 1 aromatic rings. The van der Waals surface area contributed by atoms with E-state index in [1.165, 1.54) is 0 Å². The SMILES string of the molecule is O=C(OOCCO)c1cc(C(=O)OOCCO)cc(S(=O)(=O)O)c1. The van der Waals surface area contributed by atoms with Gasteiger partial charge in [-0.15, -0.1) is 0 Å². The molecule has 0 spiro atoms. The lowest BCUT2D eigenvalue weighted by molar-refractivity contribution is -0.245. The monoisotopic (exact) mass is 366 g/mol. The van der Waals surface area contributed by atoms with Gasteiger partial charge >= 0.3 is 11.9 Å². The minimum atomic E-state index is -4.74. The van der Waals surface area contributed by atoms with E-state index in [1.807, 2.05) is 0 Å². The van der Waals surface area contributed by atoms with Gasteiger partial charge < -0.3 is 10.2 Å². The fraction of sp³-hybridized carbons (Fsp3) is 0.333. The van der Waals surface area contributed by atoms with Crippen LogP contribution in [0.4, 0.5) is 0 Å². The van der Waals surface area contributed by atoms with Crippen molar-refractivity contribution < 1.29 is 52.3 Å². The highest BCUT2D eigenvalue weighted by Crippen LogP contribution is 2.17. The minimum Gasteiger partial charge on any atom is -0.394 e. The molecule has 0 saturated carbocycles. The molecule has 134 valence electrons. The van der Waals surface area contributed by atoms with Crippen LogP contribution in [0.3, 0.4) is 0 Å². The Labute approximate surface area is 135 Å². The molecule has 0 saturated heterocycles. The summed E-state index contributed by atoms with van der Waals surface area (Å²) in [5, 5.41) is 17.0. The van der Waals surface area contributed by atoms with E-state index in [1.54, 1.807) is 0 Å². The number of carbonyl (C=O) groups is 2. The van der Waals surface area contributed by atoms with Crippen molar-refractivity contribution in [3.05, 3.63) is 29.3 Å². The molecule has 0 aliphatic heterocycles. The normalized spacial score (nSPS) is 11.1. The van der Waals surface area contributed by atoms with Crippen molar-refractivity contribution in [2.24, 2.45) is 0 Å². The lowest BCUT2D eigenvalue weighted by Gasteiger charge is -2.07. The van der Waals surface area contributed by atoms with Crippen LogP contribution in [0, 0.1) is 0 Å². The molecule has 1 aromatic carbocycles. The van der Waals surface area contributed by atoms with Gasteiger partial charge in [0.15, 0.2) is 0 Å². The van der Waals surface area contributed by atoms with E-state index in [0.717, 1.165) is 18.2 Å². The highest BCUT2D eigenvalue weighted by molar-refractivity contribution is 7.85. The molecule has 3 N–H and O–H groups in total. The van der Waals surface area contributed by atoms with Crippen LogP contribution in [0.2, 0.25) is 0 Å². The molecule has 0 atom stereocenters. The van der Waals surface area contributed by atoms with Gasteiger partial charge in [-0.05, 0) is 18.2 Å². The highest BCUT2D eigenvalue weighted by Gasteiger charge is 2.21. The molecule has 24 heavy (non-hydrogen) atoms. The molecule has 0 aromatic heterocycles. The summed E-state index contributed by atoms with van der Waals surface area (Å²) in [4.78, 5) is 39.9. The maximum Gasteiger partial charge on any atom is 0.373 e. The molecular formula is C12H14O11S. The van der Waals surface area contributed by atoms with Crippen molar-refractivity contribution in [3.63, 3.8) is 0 Å². The summed E-state index contributed by atoms with van der Waals surface area (Å²) < 4.78 is 31.5. The summed E-state index contributed by atoms with van der Waals surface area (Å²) in [6.07, 6.45) is 0. The molecule has 0 unspecified atom stereocenters. The predicted octanol–water partition coefficient (Wildman–Crippen LogP) is -0.905. The molecule has 0 bridgehead atoms. The molecule has 0 aliphatic rings. The maximum atomic E-state index is 11.7. The minimum absolute atomic E-state index is 0.326. The van der Waals surface area contributed by atoms with E-state index in [4.69, 9.17) is 14.8 Å². The van der Waals surface area contributed by atoms with Gasteiger partial charge in [0.2, 0.25) is 0 Å². The van der Waals surface area contributed by atoms with Gasteiger partial charge in [0.1, 0.15) is 13.2 Å². The van der Waals surface area contributed by atoms with Crippen LogP contribution in [-0.2, 0) is 29.7 Å². The number of hydrogen-bond donors (Lipinski definition) is 3. The van der Waals surface area contributed by atoms with Crippen molar-refractivity contribution in [1.29, 1.82) is 0 Å². The third-order valence-corrected chi connectivity index (χ3v) is 3.13. The van der Waals surface area contributed by atoms with Gasteiger partial charge in [-0.1, -0.05) is 0 Å². The molecule has 1 rings (SSSR count). The van der Waals surface area contributed by atoms with Crippen LogP contribution in [0.25, 0.3) is 0 Å². The van der Waals surface area contributed by atoms with E-state index in [2.05, 4.69) is 19.6 Å². The zero-order chi connectivity index (χ0) is 18.2. The summed E-state index contributed by atoms with van der Waals surface area (Å²) in [6, 6.07) is 2.39. The third kappa shape index (κ3) is 6.19. The van der Waals surface area contributed by atoms with Crippen LogP contribution in [0.5, 0.6) is 0 Å². The van der Waals surface area contributed by atoms with Crippen LogP contribution in [0.1, 0.15) is 20.7 Å². The maximum absolute atomic E-state index is 11.7. The Morgan fingerprint density at radius 2 is 1.29 bits per heavy atom. The summed E-state index contributed by atoms with van der Waals surface area (Å²) in [7, 11) is -4.74. The Morgan fingerprint density at radius 3 is 1.62 bits per heavy atom. The molecule has 0 fully saturated rings. The van der Waals surface area contributed by atoms with Crippen LogP contribution in [0.15, 0.2) is 23.1 Å². The number of aliphatic hydroxyl groups excluding tert-OH is 2. The zero-order valence-corrected chi connectivity index (χ0v) is 12.9. The van der Waals surface area contributed by atoms with Crippen molar-refractivity contribution in [2.45, 2.75) is 4.90 Å². The first-order chi connectivity index (χ1) is 11.3. The number of benzene rings is 1. The first-order valence-corrected chi connectivity index (χ1v) is 7.75.